The zero-order chi connectivity index (χ0) is 53.2. The van der Waals surface area contributed by atoms with Crippen LogP contribution in [-0.2, 0) is 38.0 Å². The Bertz CT molecular complexity index is 1360. The number of unbranched alkanes of at least 4 members (excludes halogenated alkanes) is 29. The van der Waals surface area contributed by atoms with Gasteiger partial charge in [-0.15, -0.1) is 0 Å². The van der Waals surface area contributed by atoms with Gasteiger partial charge in [-0.25, -0.2) is 0 Å². The van der Waals surface area contributed by atoms with Crippen molar-refractivity contribution >= 4 is 11.9 Å². The number of rotatable bonds is 47. The molecule has 2 heterocycles. The SMILES string of the molecule is CCCCC/C=C/C/C=C/CCCCCCCC(=O)O[C@@H](COC(=O)CCCCCCCCCCCCCCCCCCCCCCCC)CO[C@@H]1O[C@H](CO[C@@H]2O[C@H](CO)[C@H](O)C(O)C2O)[C@H](O)C(O)C1O. The molecule has 0 spiro atoms. The molecule has 0 aromatic heterocycles. The molecule has 0 aliphatic carbocycles. The molecule has 0 aromatic rings. The molecule has 2 saturated heterocycles. The maximum atomic E-state index is 13.0. The van der Waals surface area contributed by atoms with Crippen LogP contribution in [0.5, 0.6) is 0 Å². The Kier molecular flexibility index (Phi) is 41.4. The lowest BCUT2D eigenvalue weighted by Crippen LogP contribution is -2.61. The Hall–Kier alpha value is -2.02. The second-order valence-corrected chi connectivity index (χ2v) is 20.8. The van der Waals surface area contributed by atoms with Crippen LogP contribution in [0.4, 0.5) is 0 Å². The first-order chi connectivity index (χ1) is 35.5. The van der Waals surface area contributed by atoms with Crippen LogP contribution >= 0.6 is 0 Å². The summed E-state index contributed by atoms with van der Waals surface area (Å²) in [6.45, 7) is 2.59. The van der Waals surface area contributed by atoms with Gasteiger partial charge >= 0.3 is 11.9 Å². The zero-order valence-corrected chi connectivity index (χ0v) is 45.6. The fourth-order valence-corrected chi connectivity index (χ4v) is 9.37. The highest BCUT2D eigenvalue weighted by Crippen LogP contribution is 2.27. The van der Waals surface area contributed by atoms with Gasteiger partial charge in [-0.2, -0.15) is 0 Å². The predicted octanol–water partition coefficient (Wildman–Crippen LogP) is 9.89. The molecule has 73 heavy (non-hydrogen) atoms. The second-order valence-electron chi connectivity index (χ2n) is 20.8. The number of carbonyl (C=O) groups excluding carboxylic acids is 2. The molecule has 0 bridgehead atoms. The van der Waals surface area contributed by atoms with E-state index in [1.54, 1.807) is 0 Å². The molecule has 2 rings (SSSR count). The normalized spacial score (nSPS) is 24.9. The van der Waals surface area contributed by atoms with Gasteiger partial charge in [0.15, 0.2) is 18.7 Å². The molecule has 4 unspecified atom stereocenters. The monoisotopic (exact) mass is 1040 g/mol. The first-order valence-electron chi connectivity index (χ1n) is 29.4. The van der Waals surface area contributed by atoms with E-state index in [4.69, 9.17) is 28.4 Å². The van der Waals surface area contributed by atoms with Crippen LogP contribution in [0.3, 0.4) is 0 Å². The molecule has 0 aromatic carbocycles. The number of ether oxygens (including phenoxy) is 6. The third kappa shape index (κ3) is 32.4. The van der Waals surface area contributed by atoms with Crippen molar-refractivity contribution in [2.45, 2.75) is 306 Å². The largest absolute Gasteiger partial charge is 0.462 e. The summed E-state index contributed by atoms with van der Waals surface area (Å²) >= 11 is 0. The van der Waals surface area contributed by atoms with Gasteiger partial charge in [0.1, 0.15) is 55.4 Å². The average Bonchev–Trinajstić information content (AvgIpc) is 3.38. The van der Waals surface area contributed by atoms with Crippen molar-refractivity contribution in [1.29, 1.82) is 0 Å². The Morgan fingerprint density at radius 1 is 0.438 bits per heavy atom. The van der Waals surface area contributed by atoms with Crippen molar-refractivity contribution in [3.05, 3.63) is 24.3 Å². The number of allylic oxidation sites excluding steroid dienone is 4. The van der Waals surface area contributed by atoms with E-state index in [1.165, 1.54) is 135 Å². The van der Waals surface area contributed by atoms with Crippen LogP contribution in [0, 0.1) is 0 Å². The van der Waals surface area contributed by atoms with Crippen molar-refractivity contribution < 1.29 is 73.8 Å². The van der Waals surface area contributed by atoms with Crippen LogP contribution in [0.1, 0.15) is 239 Å². The lowest BCUT2D eigenvalue weighted by atomic mass is 9.98. The van der Waals surface area contributed by atoms with Gasteiger partial charge in [-0.05, 0) is 44.9 Å². The van der Waals surface area contributed by atoms with Gasteiger partial charge in [0.05, 0.1) is 19.8 Å². The molecule has 0 radical (unpaired) electrons. The lowest BCUT2D eigenvalue weighted by molar-refractivity contribution is -0.332. The highest BCUT2D eigenvalue weighted by molar-refractivity contribution is 5.70. The maximum Gasteiger partial charge on any atom is 0.306 e. The quantitative estimate of drug-likeness (QED) is 0.0171. The number of esters is 2. The molecule has 0 saturated carbocycles. The molecule has 428 valence electrons. The molecule has 0 amide bonds. The molecule has 15 nitrogen and oxygen atoms in total. The van der Waals surface area contributed by atoms with Crippen LogP contribution in [-0.4, -0.2) is 142 Å². The number of hydrogen-bond acceptors (Lipinski definition) is 15. The molecular weight excluding hydrogens is 937 g/mol. The highest BCUT2D eigenvalue weighted by Gasteiger charge is 2.47. The molecule has 15 heteroatoms. The Morgan fingerprint density at radius 3 is 1.30 bits per heavy atom. The Labute approximate surface area is 441 Å². The van der Waals surface area contributed by atoms with Gasteiger partial charge in [0.2, 0.25) is 0 Å². The van der Waals surface area contributed by atoms with Crippen molar-refractivity contribution in [1.82, 2.24) is 0 Å². The van der Waals surface area contributed by atoms with Gasteiger partial charge in [-0.1, -0.05) is 205 Å². The standard InChI is InChI=1S/C58H106O15/c1-3-5-7-9-11-13-15-17-19-20-21-22-23-24-25-27-28-30-32-34-36-38-40-49(60)68-43-46(71-50(61)41-39-37-35-33-31-29-26-18-16-14-12-10-8-6-4-2)44-69-57-56(67)54(65)52(63)48(73-57)45-70-58-55(66)53(64)51(62)47(42-59)72-58/h12,14,18,26,46-48,51-59,62-67H,3-11,13,15-17,19-25,27-45H2,1-2H3/b14-12+,26-18+/t46-,47+,48+,51-,52-,53?,54?,55?,56?,57+,58+/m0/s1. The van der Waals surface area contributed by atoms with Crippen LogP contribution in [0.15, 0.2) is 24.3 Å². The Morgan fingerprint density at radius 2 is 0.822 bits per heavy atom. The smallest absolute Gasteiger partial charge is 0.306 e. The van der Waals surface area contributed by atoms with E-state index in [-0.39, 0.29) is 26.1 Å². The summed E-state index contributed by atoms with van der Waals surface area (Å²) in [5.41, 5.74) is 0. The minimum absolute atomic E-state index is 0.152. The Balaban J connectivity index is 1.73. The predicted molar refractivity (Wildman–Crippen MR) is 284 cm³/mol. The van der Waals surface area contributed by atoms with Crippen molar-refractivity contribution in [2.24, 2.45) is 0 Å². The number of aliphatic hydroxyl groups excluding tert-OH is 7. The molecule has 7 N–H and O–H groups in total. The van der Waals surface area contributed by atoms with E-state index in [1.807, 2.05) is 0 Å². The third-order valence-corrected chi connectivity index (χ3v) is 14.2. The first-order valence-corrected chi connectivity index (χ1v) is 29.4. The molecule has 2 fully saturated rings. The fourth-order valence-electron chi connectivity index (χ4n) is 9.37. The van der Waals surface area contributed by atoms with E-state index in [0.717, 1.165) is 64.2 Å². The van der Waals surface area contributed by atoms with E-state index < -0.39 is 92.7 Å². The van der Waals surface area contributed by atoms with E-state index >= 15 is 0 Å². The van der Waals surface area contributed by atoms with Crippen LogP contribution in [0.2, 0.25) is 0 Å². The molecule has 2 aliphatic rings. The summed E-state index contributed by atoms with van der Waals surface area (Å²) < 4.78 is 33.7. The minimum atomic E-state index is -1.77. The minimum Gasteiger partial charge on any atom is -0.462 e. The molecule has 11 atom stereocenters. The van der Waals surface area contributed by atoms with Crippen LogP contribution in [0.25, 0.3) is 0 Å². The van der Waals surface area contributed by atoms with E-state index in [0.29, 0.717) is 12.8 Å². The molecule has 2 aliphatic heterocycles. The van der Waals surface area contributed by atoms with Crippen molar-refractivity contribution in [2.75, 3.05) is 26.4 Å². The van der Waals surface area contributed by atoms with Crippen molar-refractivity contribution in [3.8, 4) is 0 Å². The number of carbonyl (C=O) groups is 2. The average molecular weight is 1040 g/mol. The van der Waals surface area contributed by atoms with Gasteiger partial charge in [0.25, 0.3) is 0 Å². The summed E-state index contributed by atoms with van der Waals surface area (Å²) in [5.74, 6) is -0.929. The van der Waals surface area contributed by atoms with Gasteiger partial charge in [-0.3, -0.25) is 9.59 Å². The topological polar surface area (TPSA) is 231 Å². The van der Waals surface area contributed by atoms with E-state index in [9.17, 15) is 45.3 Å². The fraction of sp³-hybridized carbons (Fsp3) is 0.897. The summed E-state index contributed by atoms with van der Waals surface area (Å²) in [6, 6.07) is 0. The number of hydrogen-bond donors (Lipinski definition) is 7. The zero-order valence-electron chi connectivity index (χ0n) is 45.6. The van der Waals surface area contributed by atoms with Crippen LogP contribution < -0.4 is 0 Å². The lowest BCUT2D eigenvalue weighted by Gasteiger charge is -2.42. The first kappa shape index (κ1) is 67.1. The van der Waals surface area contributed by atoms with Crippen molar-refractivity contribution in [3.63, 3.8) is 0 Å². The summed E-state index contributed by atoms with van der Waals surface area (Å²) in [4.78, 5) is 25.9. The highest BCUT2D eigenvalue weighted by atomic mass is 16.7. The summed E-state index contributed by atoms with van der Waals surface area (Å²) in [5, 5.41) is 72.2. The maximum absolute atomic E-state index is 13.0. The second kappa shape index (κ2) is 45.0. The number of aliphatic hydroxyl groups is 7. The summed E-state index contributed by atoms with van der Waals surface area (Å²) in [7, 11) is 0. The van der Waals surface area contributed by atoms with E-state index in [2.05, 4.69) is 38.2 Å². The van der Waals surface area contributed by atoms with Gasteiger partial charge in [0, 0.05) is 12.8 Å². The summed E-state index contributed by atoms with van der Waals surface area (Å²) in [6.07, 6.45) is 32.0. The van der Waals surface area contributed by atoms with Gasteiger partial charge < -0.3 is 64.2 Å². The molecular formula is C58H106O15. The third-order valence-electron chi connectivity index (χ3n) is 14.2.